The lowest BCUT2D eigenvalue weighted by Crippen LogP contribution is -2.15. The monoisotopic (exact) mass is 427 g/mol. The Hall–Kier alpha value is -2.67. The number of ether oxygens (including phenoxy) is 1. The number of hydrogen-bond donors (Lipinski definition) is 2. The van der Waals surface area contributed by atoms with Gasteiger partial charge in [-0.05, 0) is 56.4 Å². The normalized spacial score (nSPS) is 14.2. The molecule has 0 bridgehead atoms. The van der Waals surface area contributed by atoms with Crippen molar-refractivity contribution < 1.29 is 13.2 Å². The van der Waals surface area contributed by atoms with Gasteiger partial charge in [0, 0.05) is 29.2 Å². The molecule has 0 atom stereocenters. The SMILES string of the molecule is CCCS(=O)(=O)Nc1ccc(-c2c(N)c3ccc(OCC)cc3n2CC2CC2)cc1. The summed E-state index contributed by atoms with van der Waals surface area (Å²) in [5.74, 6) is 1.63. The Morgan fingerprint density at radius 2 is 1.87 bits per heavy atom. The molecule has 6 nitrogen and oxygen atoms in total. The summed E-state index contributed by atoms with van der Waals surface area (Å²) in [6, 6.07) is 13.5. The summed E-state index contributed by atoms with van der Waals surface area (Å²) in [7, 11) is -3.31. The zero-order valence-corrected chi connectivity index (χ0v) is 18.3. The van der Waals surface area contributed by atoms with Crippen molar-refractivity contribution in [2.75, 3.05) is 22.8 Å². The van der Waals surface area contributed by atoms with Crippen LogP contribution < -0.4 is 15.2 Å². The Kier molecular flexibility index (Phi) is 5.64. The second-order valence-electron chi connectivity index (χ2n) is 7.93. The quantitative estimate of drug-likeness (QED) is 0.511. The first-order valence-corrected chi connectivity index (χ1v) is 12.2. The summed E-state index contributed by atoms with van der Waals surface area (Å²) in [6.45, 7) is 5.36. The summed E-state index contributed by atoms with van der Waals surface area (Å²) in [5.41, 5.74) is 10.9. The molecule has 0 radical (unpaired) electrons. The molecule has 0 amide bonds. The smallest absolute Gasteiger partial charge is 0.232 e. The molecule has 3 N–H and O–H groups in total. The van der Waals surface area contributed by atoms with Gasteiger partial charge in [0.05, 0.1) is 29.3 Å². The zero-order valence-electron chi connectivity index (χ0n) is 17.5. The second kappa shape index (κ2) is 8.22. The molecule has 2 aromatic carbocycles. The average Bonchev–Trinajstić information content (AvgIpc) is 3.48. The second-order valence-corrected chi connectivity index (χ2v) is 9.77. The molecular weight excluding hydrogens is 398 g/mol. The van der Waals surface area contributed by atoms with E-state index in [1.807, 2.05) is 38.1 Å². The minimum atomic E-state index is -3.31. The molecule has 7 heteroatoms. The Labute approximate surface area is 178 Å². The molecule has 0 spiro atoms. The third-order valence-electron chi connectivity index (χ3n) is 5.43. The number of nitrogens with one attached hydrogen (secondary N) is 1. The fraction of sp³-hybridized carbons (Fsp3) is 0.391. The van der Waals surface area contributed by atoms with Crippen LogP contribution in [-0.2, 0) is 16.6 Å². The summed E-state index contributed by atoms with van der Waals surface area (Å²) in [4.78, 5) is 0. The molecule has 0 aliphatic heterocycles. The van der Waals surface area contributed by atoms with Gasteiger partial charge in [0.15, 0.2) is 0 Å². The van der Waals surface area contributed by atoms with Crippen LogP contribution in [0.15, 0.2) is 42.5 Å². The molecule has 30 heavy (non-hydrogen) atoms. The van der Waals surface area contributed by atoms with Crippen molar-refractivity contribution in [2.24, 2.45) is 5.92 Å². The summed E-state index contributed by atoms with van der Waals surface area (Å²) in [5, 5.41) is 1.02. The van der Waals surface area contributed by atoms with Crippen LogP contribution in [0.1, 0.15) is 33.1 Å². The van der Waals surface area contributed by atoms with E-state index in [1.165, 1.54) is 12.8 Å². The minimum absolute atomic E-state index is 0.111. The van der Waals surface area contributed by atoms with Gasteiger partial charge in [-0.3, -0.25) is 4.72 Å². The number of rotatable bonds is 9. The molecule has 1 aliphatic rings. The predicted octanol–water partition coefficient (Wildman–Crippen LogP) is 4.85. The van der Waals surface area contributed by atoms with Crippen molar-refractivity contribution in [1.82, 2.24) is 4.57 Å². The van der Waals surface area contributed by atoms with Crippen LogP contribution >= 0.6 is 0 Å². The van der Waals surface area contributed by atoms with Crippen LogP contribution in [0.5, 0.6) is 5.75 Å². The molecule has 0 saturated heterocycles. The van der Waals surface area contributed by atoms with Gasteiger partial charge in [0.2, 0.25) is 10.0 Å². The minimum Gasteiger partial charge on any atom is -0.494 e. The van der Waals surface area contributed by atoms with Gasteiger partial charge in [0.25, 0.3) is 0 Å². The van der Waals surface area contributed by atoms with Crippen molar-refractivity contribution in [3.63, 3.8) is 0 Å². The van der Waals surface area contributed by atoms with E-state index in [4.69, 9.17) is 10.5 Å². The zero-order chi connectivity index (χ0) is 21.3. The average molecular weight is 428 g/mol. The highest BCUT2D eigenvalue weighted by Crippen LogP contribution is 2.41. The summed E-state index contributed by atoms with van der Waals surface area (Å²) >= 11 is 0. The van der Waals surface area contributed by atoms with E-state index in [0.717, 1.165) is 40.1 Å². The highest BCUT2D eigenvalue weighted by Gasteiger charge is 2.26. The molecule has 4 rings (SSSR count). The number of benzene rings is 2. The fourth-order valence-corrected chi connectivity index (χ4v) is 5.00. The Morgan fingerprint density at radius 1 is 1.13 bits per heavy atom. The molecule has 0 unspecified atom stereocenters. The Morgan fingerprint density at radius 3 is 2.50 bits per heavy atom. The third-order valence-corrected chi connectivity index (χ3v) is 6.92. The van der Waals surface area contributed by atoms with Crippen molar-refractivity contribution in [3.05, 3.63) is 42.5 Å². The number of aromatic nitrogens is 1. The van der Waals surface area contributed by atoms with Crippen molar-refractivity contribution in [1.29, 1.82) is 0 Å². The number of anilines is 2. The van der Waals surface area contributed by atoms with E-state index in [2.05, 4.69) is 15.4 Å². The highest BCUT2D eigenvalue weighted by molar-refractivity contribution is 7.92. The number of nitrogen functional groups attached to an aromatic ring is 1. The molecule has 1 saturated carbocycles. The van der Waals surface area contributed by atoms with Crippen LogP contribution in [0.25, 0.3) is 22.2 Å². The highest BCUT2D eigenvalue weighted by atomic mass is 32.2. The number of nitrogens with zero attached hydrogens (tertiary/aromatic N) is 1. The van der Waals surface area contributed by atoms with Gasteiger partial charge in [-0.2, -0.15) is 0 Å². The molecule has 3 aromatic rings. The summed E-state index contributed by atoms with van der Waals surface area (Å²) < 4.78 is 34.7. The largest absolute Gasteiger partial charge is 0.494 e. The van der Waals surface area contributed by atoms with Gasteiger partial charge in [-0.1, -0.05) is 19.1 Å². The van der Waals surface area contributed by atoms with Crippen LogP contribution in [0.2, 0.25) is 0 Å². The maximum Gasteiger partial charge on any atom is 0.232 e. The predicted molar refractivity (Wildman–Crippen MR) is 123 cm³/mol. The first-order valence-electron chi connectivity index (χ1n) is 10.6. The maximum absolute atomic E-state index is 12.0. The van der Waals surface area contributed by atoms with E-state index >= 15 is 0 Å². The van der Waals surface area contributed by atoms with Crippen LogP contribution in [-0.4, -0.2) is 25.3 Å². The first-order chi connectivity index (χ1) is 14.4. The molecule has 1 fully saturated rings. The van der Waals surface area contributed by atoms with Crippen LogP contribution in [0.3, 0.4) is 0 Å². The van der Waals surface area contributed by atoms with E-state index in [0.29, 0.717) is 24.6 Å². The molecule has 1 heterocycles. The van der Waals surface area contributed by atoms with E-state index in [9.17, 15) is 8.42 Å². The number of nitrogens with two attached hydrogens (primary N) is 1. The van der Waals surface area contributed by atoms with Gasteiger partial charge >= 0.3 is 0 Å². The van der Waals surface area contributed by atoms with Crippen molar-refractivity contribution >= 4 is 32.3 Å². The topological polar surface area (TPSA) is 86.3 Å². The van der Waals surface area contributed by atoms with Crippen LogP contribution in [0.4, 0.5) is 11.4 Å². The Bertz CT molecular complexity index is 1150. The lowest BCUT2D eigenvalue weighted by molar-refractivity contribution is 0.340. The number of fused-ring (bicyclic) bond motifs is 1. The molecule has 160 valence electrons. The van der Waals surface area contributed by atoms with Gasteiger partial charge in [-0.25, -0.2) is 8.42 Å². The molecular formula is C23H29N3O3S. The standard InChI is InChI=1S/C23H29N3O3S/c1-3-13-30(27,28)25-18-9-7-17(8-10-18)23-22(24)20-12-11-19(29-4-2)14-21(20)26(23)15-16-5-6-16/h7-12,14,16,25H,3-6,13,15,24H2,1-2H3. The summed E-state index contributed by atoms with van der Waals surface area (Å²) in [6.07, 6.45) is 3.06. The van der Waals surface area contributed by atoms with Gasteiger partial charge in [-0.15, -0.1) is 0 Å². The fourth-order valence-electron chi connectivity index (χ4n) is 3.87. The Balaban J connectivity index is 1.74. The van der Waals surface area contributed by atoms with Crippen molar-refractivity contribution in [2.45, 2.75) is 39.7 Å². The lowest BCUT2D eigenvalue weighted by atomic mass is 10.1. The lowest BCUT2D eigenvalue weighted by Gasteiger charge is -2.13. The third kappa shape index (κ3) is 4.26. The maximum atomic E-state index is 12.0. The molecule has 1 aliphatic carbocycles. The first kappa shape index (κ1) is 20.6. The number of hydrogen-bond acceptors (Lipinski definition) is 4. The molecule has 1 aromatic heterocycles. The number of sulfonamides is 1. The van der Waals surface area contributed by atoms with E-state index < -0.39 is 10.0 Å². The van der Waals surface area contributed by atoms with Crippen molar-refractivity contribution in [3.8, 4) is 17.0 Å². The van der Waals surface area contributed by atoms with Gasteiger partial charge in [0.1, 0.15) is 5.75 Å². The van der Waals surface area contributed by atoms with E-state index in [-0.39, 0.29) is 5.75 Å². The van der Waals surface area contributed by atoms with Crippen LogP contribution in [0, 0.1) is 5.92 Å². The van der Waals surface area contributed by atoms with E-state index in [1.54, 1.807) is 12.1 Å². The van der Waals surface area contributed by atoms with Gasteiger partial charge < -0.3 is 15.0 Å².